The average molecular weight is 508 g/mol. The third-order valence-corrected chi connectivity index (χ3v) is 9.18. The normalized spacial score (nSPS) is 19.1. The first kappa shape index (κ1) is 23.4. The Kier molecular flexibility index (Phi) is 5.53. The number of aryl methyl sites for hydroxylation is 1. The molecule has 0 atom stereocenters. The van der Waals surface area contributed by atoms with Crippen molar-refractivity contribution in [2.75, 3.05) is 18.0 Å². The van der Waals surface area contributed by atoms with E-state index in [9.17, 15) is 9.90 Å². The molecule has 6 nitrogen and oxygen atoms in total. The van der Waals surface area contributed by atoms with Crippen LogP contribution in [0.3, 0.4) is 0 Å². The molecule has 2 saturated carbocycles. The van der Waals surface area contributed by atoms with E-state index in [0.29, 0.717) is 17.3 Å². The highest BCUT2D eigenvalue weighted by molar-refractivity contribution is 5.90. The maximum atomic E-state index is 11.2. The molecular formula is C32H33N3O3. The Bertz CT molecular complexity index is 1520. The van der Waals surface area contributed by atoms with Crippen LogP contribution in [0.2, 0.25) is 0 Å². The first-order valence-corrected chi connectivity index (χ1v) is 13.9. The highest BCUT2D eigenvalue weighted by Gasteiger charge is 2.46. The molecule has 4 aromatic rings. The van der Waals surface area contributed by atoms with Gasteiger partial charge >= 0.3 is 5.97 Å². The lowest BCUT2D eigenvalue weighted by molar-refractivity contribution is 0.0282. The fraction of sp³-hybridized carbons (Fsp3) is 0.406. The molecule has 1 spiro atoms. The van der Waals surface area contributed by atoms with Crippen LogP contribution >= 0.6 is 0 Å². The zero-order chi connectivity index (χ0) is 25.9. The summed E-state index contributed by atoms with van der Waals surface area (Å²) >= 11 is 0. The van der Waals surface area contributed by atoms with Crippen molar-refractivity contribution in [1.29, 1.82) is 0 Å². The van der Waals surface area contributed by atoms with Gasteiger partial charge in [0.1, 0.15) is 17.1 Å². The van der Waals surface area contributed by atoms with E-state index in [2.05, 4.69) is 58.4 Å². The van der Waals surface area contributed by atoms with Crippen LogP contribution < -0.4 is 4.90 Å². The van der Waals surface area contributed by atoms with Gasteiger partial charge in [0, 0.05) is 41.2 Å². The highest BCUT2D eigenvalue weighted by atomic mass is 16.5. The van der Waals surface area contributed by atoms with E-state index in [1.165, 1.54) is 60.9 Å². The van der Waals surface area contributed by atoms with Crippen molar-refractivity contribution in [3.63, 3.8) is 0 Å². The molecule has 0 amide bonds. The van der Waals surface area contributed by atoms with Gasteiger partial charge in [-0.25, -0.2) is 9.78 Å². The first-order chi connectivity index (χ1) is 18.5. The summed E-state index contributed by atoms with van der Waals surface area (Å²) < 4.78 is 5.96. The molecule has 0 radical (unpaired) electrons. The van der Waals surface area contributed by atoms with Gasteiger partial charge in [-0.1, -0.05) is 35.5 Å². The minimum absolute atomic E-state index is 0.0891. The molecule has 1 aliphatic heterocycles. The van der Waals surface area contributed by atoms with Crippen LogP contribution in [0.25, 0.3) is 22.2 Å². The summed E-state index contributed by atoms with van der Waals surface area (Å²) in [6.07, 6.45) is 8.58. The van der Waals surface area contributed by atoms with Gasteiger partial charge in [-0.3, -0.25) is 0 Å². The van der Waals surface area contributed by atoms with Gasteiger partial charge in [0.15, 0.2) is 0 Å². The summed E-state index contributed by atoms with van der Waals surface area (Å²) in [5.41, 5.74) is 7.40. The summed E-state index contributed by atoms with van der Waals surface area (Å²) in [6.45, 7) is 4.29. The molecule has 0 unspecified atom stereocenters. The van der Waals surface area contributed by atoms with Gasteiger partial charge in [0.2, 0.25) is 0 Å². The number of hydrogen-bond acceptors (Lipinski definition) is 5. The van der Waals surface area contributed by atoms with Crippen LogP contribution in [0, 0.1) is 18.3 Å². The molecule has 0 bridgehead atoms. The standard InChI is InChI=1S/C32H33N3O3/c1-20-4-2-3-5-25(20)29-26(30(38-34-29)22-6-7-22)16-21-18-32(19-21)12-14-35(15-13-32)24-9-11-27-23(17-24)8-10-28(33-27)31(36)37/h2-5,8-11,17,21-22H,6-7,12-16,18-19H2,1H3,(H,36,37). The highest BCUT2D eigenvalue weighted by Crippen LogP contribution is 2.55. The quantitative estimate of drug-likeness (QED) is 0.302. The van der Waals surface area contributed by atoms with E-state index in [0.717, 1.165) is 41.9 Å². The van der Waals surface area contributed by atoms with Crippen LogP contribution in [0.5, 0.6) is 0 Å². The molecule has 1 saturated heterocycles. The van der Waals surface area contributed by atoms with Crippen LogP contribution in [-0.4, -0.2) is 34.3 Å². The Morgan fingerprint density at radius 3 is 2.61 bits per heavy atom. The molecule has 2 aromatic carbocycles. The monoisotopic (exact) mass is 507 g/mol. The Hall–Kier alpha value is -3.67. The van der Waals surface area contributed by atoms with Gasteiger partial charge in [-0.05, 0) is 93.0 Å². The van der Waals surface area contributed by atoms with E-state index < -0.39 is 5.97 Å². The van der Waals surface area contributed by atoms with E-state index in [1.807, 2.05) is 12.1 Å². The van der Waals surface area contributed by atoms with Crippen LogP contribution in [0.1, 0.15) is 71.8 Å². The maximum absolute atomic E-state index is 11.2. The largest absolute Gasteiger partial charge is 0.477 e. The number of rotatable bonds is 6. The smallest absolute Gasteiger partial charge is 0.354 e. The number of carbonyl (C=O) groups is 1. The molecule has 2 aromatic heterocycles. The number of aromatic carboxylic acids is 1. The number of benzene rings is 2. The number of carboxylic acid groups (broad SMARTS) is 1. The number of anilines is 1. The van der Waals surface area contributed by atoms with E-state index in [-0.39, 0.29) is 5.69 Å². The zero-order valence-electron chi connectivity index (χ0n) is 21.8. The second-order valence-corrected chi connectivity index (χ2v) is 11.8. The molecule has 194 valence electrons. The molecule has 3 aliphatic rings. The van der Waals surface area contributed by atoms with E-state index in [1.54, 1.807) is 6.07 Å². The number of carboxylic acids is 1. The van der Waals surface area contributed by atoms with Gasteiger partial charge in [0.05, 0.1) is 5.52 Å². The minimum Gasteiger partial charge on any atom is -0.477 e. The molecule has 2 aliphatic carbocycles. The second-order valence-electron chi connectivity index (χ2n) is 11.8. The number of piperidine rings is 1. The Morgan fingerprint density at radius 1 is 1.08 bits per heavy atom. The van der Waals surface area contributed by atoms with E-state index >= 15 is 0 Å². The predicted molar refractivity (Wildman–Crippen MR) is 148 cm³/mol. The van der Waals surface area contributed by atoms with Crippen molar-refractivity contribution in [2.24, 2.45) is 11.3 Å². The number of fused-ring (bicyclic) bond motifs is 1. The fourth-order valence-electron chi connectivity index (χ4n) is 6.91. The second kappa shape index (κ2) is 8.97. The van der Waals surface area contributed by atoms with Crippen LogP contribution in [0.4, 0.5) is 5.69 Å². The van der Waals surface area contributed by atoms with Gasteiger partial charge in [-0.15, -0.1) is 0 Å². The summed E-state index contributed by atoms with van der Waals surface area (Å²) in [6, 6.07) is 18.2. The first-order valence-electron chi connectivity index (χ1n) is 13.9. The Morgan fingerprint density at radius 2 is 1.87 bits per heavy atom. The lowest BCUT2D eigenvalue weighted by atomic mass is 9.56. The molecule has 7 rings (SSSR count). The molecule has 6 heteroatoms. The molecule has 3 fully saturated rings. The number of pyridine rings is 1. The number of aromatic nitrogens is 2. The van der Waals surface area contributed by atoms with Crippen molar-refractivity contribution >= 4 is 22.6 Å². The predicted octanol–water partition coefficient (Wildman–Crippen LogP) is 7.01. The lowest BCUT2D eigenvalue weighted by Gasteiger charge is -2.53. The van der Waals surface area contributed by atoms with Crippen molar-refractivity contribution in [2.45, 2.75) is 57.8 Å². The van der Waals surface area contributed by atoms with Crippen molar-refractivity contribution < 1.29 is 14.4 Å². The minimum atomic E-state index is -0.990. The topological polar surface area (TPSA) is 79.5 Å². The summed E-state index contributed by atoms with van der Waals surface area (Å²) in [4.78, 5) is 18.0. The maximum Gasteiger partial charge on any atom is 0.354 e. The molecule has 38 heavy (non-hydrogen) atoms. The van der Waals surface area contributed by atoms with Crippen LogP contribution in [0.15, 0.2) is 59.1 Å². The van der Waals surface area contributed by atoms with Crippen molar-refractivity contribution in [3.8, 4) is 11.3 Å². The third-order valence-electron chi connectivity index (χ3n) is 9.18. The van der Waals surface area contributed by atoms with Crippen molar-refractivity contribution in [1.82, 2.24) is 10.1 Å². The summed E-state index contributed by atoms with van der Waals surface area (Å²) in [7, 11) is 0. The molecule has 3 heterocycles. The Balaban J connectivity index is 1.02. The SMILES string of the molecule is Cc1ccccc1-c1noc(C2CC2)c1CC1CC2(CCN(c3ccc4nc(C(=O)O)ccc4c3)CC2)C1. The zero-order valence-corrected chi connectivity index (χ0v) is 21.8. The van der Waals surface area contributed by atoms with Gasteiger partial charge < -0.3 is 14.5 Å². The van der Waals surface area contributed by atoms with Gasteiger partial charge in [0.25, 0.3) is 0 Å². The fourth-order valence-corrected chi connectivity index (χ4v) is 6.91. The Labute approximate surface area is 222 Å². The summed E-state index contributed by atoms with van der Waals surface area (Å²) in [5.74, 6) is 1.44. The average Bonchev–Trinajstić information content (AvgIpc) is 3.68. The van der Waals surface area contributed by atoms with Crippen LogP contribution in [-0.2, 0) is 6.42 Å². The summed E-state index contributed by atoms with van der Waals surface area (Å²) in [5, 5.41) is 14.8. The number of nitrogens with zero attached hydrogens (tertiary/aromatic N) is 3. The lowest BCUT2D eigenvalue weighted by Crippen LogP contribution is -2.47. The van der Waals surface area contributed by atoms with Gasteiger partial charge in [-0.2, -0.15) is 0 Å². The number of hydrogen-bond donors (Lipinski definition) is 1. The molecular weight excluding hydrogens is 474 g/mol. The van der Waals surface area contributed by atoms with Crippen molar-refractivity contribution in [3.05, 3.63) is 77.2 Å². The third kappa shape index (κ3) is 4.16. The molecule has 1 N–H and O–H groups in total. The van der Waals surface area contributed by atoms with E-state index in [4.69, 9.17) is 4.52 Å².